The topological polar surface area (TPSA) is 68.1 Å². The number of nitro groups is 1. The molecule has 1 N–H and O–H groups in total. The van der Waals surface area contributed by atoms with E-state index in [-0.39, 0.29) is 11.9 Å². The van der Waals surface area contributed by atoms with E-state index < -0.39 is 4.92 Å². The number of nitrogens with one attached hydrogen (secondary N) is 1. The molecule has 1 heterocycles. The lowest BCUT2D eigenvalue weighted by Crippen LogP contribution is -2.20. The number of hydrogen-bond acceptors (Lipinski definition) is 4. The van der Waals surface area contributed by atoms with Crippen molar-refractivity contribution in [3.63, 3.8) is 0 Å². The molecule has 0 amide bonds. The third-order valence-electron chi connectivity index (χ3n) is 3.37. The number of anilines is 1. The highest BCUT2D eigenvalue weighted by Crippen LogP contribution is 2.27. The van der Waals surface area contributed by atoms with Crippen LogP contribution in [0.2, 0.25) is 0 Å². The molecule has 1 aromatic carbocycles. The second kappa shape index (κ2) is 4.68. The fraction of sp³-hybridized carbons (Fsp3) is 0.214. The second-order valence-corrected chi connectivity index (χ2v) is 4.65. The summed E-state index contributed by atoms with van der Waals surface area (Å²) in [4.78, 5) is 14.3. The Labute approximate surface area is 110 Å². The number of benzene rings is 1. The van der Waals surface area contributed by atoms with Crippen molar-refractivity contribution in [3.05, 3.63) is 63.8 Å². The molecule has 1 aliphatic carbocycles. The Kier molecular flexibility index (Phi) is 2.87. The van der Waals surface area contributed by atoms with Crippen LogP contribution in [0.3, 0.4) is 0 Å². The first-order valence-corrected chi connectivity index (χ1v) is 6.17. The first-order valence-electron chi connectivity index (χ1n) is 6.17. The predicted octanol–water partition coefficient (Wildman–Crippen LogP) is 2.57. The Morgan fingerprint density at radius 3 is 2.47 bits per heavy atom. The van der Waals surface area contributed by atoms with E-state index in [4.69, 9.17) is 0 Å². The third kappa shape index (κ3) is 2.27. The van der Waals surface area contributed by atoms with Crippen molar-refractivity contribution in [2.75, 3.05) is 5.32 Å². The number of aromatic nitrogens is 1. The van der Waals surface area contributed by atoms with Gasteiger partial charge in [-0.25, -0.2) is 0 Å². The van der Waals surface area contributed by atoms with Crippen molar-refractivity contribution in [2.24, 2.45) is 0 Å². The lowest BCUT2D eigenvalue weighted by Gasteiger charge is -2.12. The average molecular weight is 255 g/mol. The summed E-state index contributed by atoms with van der Waals surface area (Å²) in [5.41, 5.74) is 3.11. The minimum Gasteiger partial charge on any atom is -0.375 e. The maximum absolute atomic E-state index is 10.9. The molecule has 1 aliphatic rings. The van der Waals surface area contributed by atoms with Gasteiger partial charge in [-0.2, -0.15) is 0 Å². The van der Waals surface area contributed by atoms with Crippen molar-refractivity contribution in [1.29, 1.82) is 0 Å². The Morgan fingerprint density at radius 2 is 1.84 bits per heavy atom. The molecule has 19 heavy (non-hydrogen) atoms. The summed E-state index contributed by atoms with van der Waals surface area (Å²) in [6, 6.07) is 11.9. The van der Waals surface area contributed by atoms with Crippen LogP contribution in [0.5, 0.6) is 0 Å². The van der Waals surface area contributed by atoms with Crippen molar-refractivity contribution < 1.29 is 4.92 Å². The van der Waals surface area contributed by atoms with Gasteiger partial charge >= 0.3 is 5.82 Å². The summed E-state index contributed by atoms with van der Waals surface area (Å²) >= 11 is 0. The molecule has 0 radical (unpaired) electrons. The molecule has 0 bridgehead atoms. The van der Waals surface area contributed by atoms with Gasteiger partial charge in [0.05, 0.1) is 0 Å². The molecule has 2 aromatic rings. The largest absolute Gasteiger partial charge is 0.386 e. The highest BCUT2D eigenvalue weighted by Gasteiger charge is 2.23. The third-order valence-corrected chi connectivity index (χ3v) is 3.37. The SMILES string of the molecule is O=[N+]([O-])c1ncccc1NC1Cc2ccccc2C1. The number of nitrogens with zero attached hydrogens (tertiary/aromatic N) is 2. The molecule has 0 spiro atoms. The van der Waals surface area contributed by atoms with Crippen LogP contribution in [0.25, 0.3) is 0 Å². The molecule has 1 aromatic heterocycles. The minimum atomic E-state index is -0.454. The van der Waals surface area contributed by atoms with Crippen LogP contribution in [0.15, 0.2) is 42.6 Å². The summed E-state index contributed by atoms with van der Waals surface area (Å²) in [5, 5.41) is 14.2. The van der Waals surface area contributed by atoms with E-state index in [0.717, 1.165) is 12.8 Å². The normalized spacial score (nSPS) is 14.1. The van der Waals surface area contributed by atoms with Crippen LogP contribution >= 0.6 is 0 Å². The van der Waals surface area contributed by atoms with Gasteiger partial charge in [0.15, 0.2) is 0 Å². The Bertz CT molecular complexity index is 603. The standard InChI is InChI=1S/C14H13N3O2/c18-17(19)14-13(6-3-7-15-14)16-12-8-10-4-1-2-5-11(10)9-12/h1-7,12,16H,8-9H2. The smallest absolute Gasteiger partial charge is 0.375 e. The van der Waals surface area contributed by atoms with Crippen LogP contribution < -0.4 is 5.32 Å². The van der Waals surface area contributed by atoms with Gasteiger partial charge in [0.2, 0.25) is 0 Å². The van der Waals surface area contributed by atoms with Gasteiger partial charge in [-0.3, -0.25) is 0 Å². The molecule has 96 valence electrons. The Balaban J connectivity index is 1.80. The molecule has 0 fully saturated rings. The molecule has 5 nitrogen and oxygen atoms in total. The number of hydrogen-bond donors (Lipinski definition) is 1. The van der Waals surface area contributed by atoms with E-state index in [9.17, 15) is 10.1 Å². The molecule has 0 atom stereocenters. The fourth-order valence-corrected chi connectivity index (χ4v) is 2.54. The summed E-state index contributed by atoms with van der Waals surface area (Å²) in [6.45, 7) is 0. The van der Waals surface area contributed by atoms with Gasteiger partial charge < -0.3 is 15.4 Å². The minimum absolute atomic E-state index is 0.113. The molecule has 0 saturated heterocycles. The van der Waals surface area contributed by atoms with Crippen molar-refractivity contribution in [2.45, 2.75) is 18.9 Å². The highest BCUT2D eigenvalue weighted by molar-refractivity contribution is 5.58. The second-order valence-electron chi connectivity index (χ2n) is 4.65. The fourth-order valence-electron chi connectivity index (χ4n) is 2.54. The van der Waals surface area contributed by atoms with Gasteiger partial charge in [0.25, 0.3) is 0 Å². The van der Waals surface area contributed by atoms with E-state index in [0.29, 0.717) is 5.69 Å². The van der Waals surface area contributed by atoms with Gasteiger partial charge in [0, 0.05) is 6.04 Å². The monoisotopic (exact) mass is 255 g/mol. The molecular weight excluding hydrogens is 242 g/mol. The van der Waals surface area contributed by atoms with Crippen LogP contribution in [0.1, 0.15) is 11.1 Å². The van der Waals surface area contributed by atoms with Gasteiger partial charge in [-0.15, -0.1) is 0 Å². The van der Waals surface area contributed by atoms with Crippen LogP contribution in [-0.4, -0.2) is 15.9 Å². The molecular formula is C14H13N3O2. The predicted molar refractivity (Wildman–Crippen MR) is 72.2 cm³/mol. The molecule has 5 heteroatoms. The van der Waals surface area contributed by atoms with Crippen LogP contribution in [0, 0.1) is 10.1 Å². The van der Waals surface area contributed by atoms with E-state index in [2.05, 4.69) is 22.4 Å². The zero-order valence-electron chi connectivity index (χ0n) is 10.2. The molecule has 0 unspecified atom stereocenters. The van der Waals surface area contributed by atoms with Crippen LogP contribution in [-0.2, 0) is 12.8 Å². The quantitative estimate of drug-likeness (QED) is 0.676. The highest BCUT2D eigenvalue weighted by atomic mass is 16.6. The van der Waals surface area contributed by atoms with Crippen molar-refractivity contribution >= 4 is 11.5 Å². The van der Waals surface area contributed by atoms with Crippen LogP contribution in [0.4, 0.5) is 11.5 Å². The van der Waals surface area contributed by atoms with Gasteiger partial charge in [-0.05, 0) is 46.0 Å². The average Bonchev–Trinajstić information content (AvgIpc) is 2.81. The summed E-state index contributed by atoms with van der Waals surface area (Å²) < 4.78 is 0. The maximum Gasteiger partial charge on any atom is 0.386 e. The summed E-state index contributed by atoms with van der Waals surface area (Å²) in [6.07, 6.45) is 3.22. The molecule has 0 saturated carbocycles. The lowest BCUT2D eigenvalue weighted by molar-refractivity contribution is -0.388. The Hall–Kier alpha value is -2.43. The summed E-state index contributed by atoms with van der Waals surface area (Å²) in [5.74, 6) is -0.113. The zero-order valence-corrected chi connectivity index (χ0v) is 10.2. The first-order chi connectivity index (χ1) is 9.24. The van der Waals surface area contributed by atoms with Crippen molar-refractivity contribution in [3.8, 4) is 0 Å². The molecule has 0 aliphatic heterocycles. The number of rotatable bonds is 3. The maximum atomic E-state index is 10.9. The van der Waals surface area contributed by atoms with Crippen molar-refractivity contribution in [1.82, 2.24) is 4.98 Å². The number of fused-ring (bicyclic) bond motifs is 1. The Morgan fingerprint density at radius 1 is 1.16 bits per heavy atom. The van der Waals surface area contributed by atoms with E-state index in [1.54, 1.807) is 12.1 Å². The van der Waals surface area contributed by atoms with Gasteiger partial charge in [-0.1, -0.05) is 24.3 Å². The summed E-state index contributed by atoms with van der Waals surface area (Å²) in [7, 11) is 0. The van der Waals surface area contributed by atoms with E-state index in [1.807, 2.05) is 12.1 Å². The first kappa shape index (κ1) is 11.6. The lowest BCUT2D eigenvalue weighted by atomic mass is 10.1. The van der Waals surface area contributed by atoms with E-state index in [1.165, 1.54) is 17.3 Å². The van der Waals surface area contributed by atoms with E-state index >= 15 is 0 Å². The zero-order chi connectivity index (χ0) is 13.2. The molecule has 3 rings (SSSR count). The number of pyridine rings is 1. The van der Waals surface area contributed by atoms with Gasteiger partial charge in [0.1, 0.15) is 11.9 Å².